The number of ether oxygens (including phenoxy) is 2. The molecule has 1 heterocycles. The summed E-state index contributed by atoms with van der Waals surface area (Å²) in [6.45, 7) is 3.78. The summed E-state index contributed by atoms with van der Waals surface area (Å²) in [5, 5.41) is 54.2. The Kier molecular flexibility index (Phi) is 32.0. The summed E-state index contributed by atoms with van der Waals surface area (Å²) in [6, 6.07) is -0.722. The number of carbonyl (C=O) groups excluding carboxylic acids is 1. The zero-order chi connectivity index (χ0) is 38.1. The highest BCUT2D eigenvalue weighted by Crippen LogP contribution is 2.23. The molecule has 0 aliphatic carbocycles. The van der Waals surface area contributed by atoms with Crippen LogP contribution in [0.15, 0.2) is 24.3 Å². The molecule has 7 atom stereocenters. The van der Waals surface area contributed by atoms with Crippen molar-refractivity contribution in [2.75, 3.05) is 13.2 Å². The van der Waals surface area contributed by atoms with Crippen molar-refractivity contribution in [3.63, 3.8) is 0 Å². The molecule has 1 aliphatic heterocycles. The van der Waals surface area contributed by atoms with Gasteiger partial charge in [0.1, 0.15) is 24.4 Å². The molecule has 0 spiro atoms. The van der Waals surface area contributed by atoms with Gasteiger partial charge in [-0.15, -0.1) is 0 Å². The molecule has 52 heavy (non-hydrogen) atoms. The standard InChI is InChI=1S/C43H81NO8/c1-3-5-7-9-11-13-15-17-19-21-23-25-27-29-31-33-39(47)44-36(35-51-43-42(50)41(49)40(48)38(34-45)52-43)37(46)32-30-28-26-24-22-20-18-16-14-12-10-8-6-4-2/h11,13,17,19,36-38,40-43,45-46,48-50H,3-10,12,14-16,18,20-35H2,1-2H3,(H,44,47)/b13-11-,19-17-. The number of nitrogens with one attached hydrogen (secondary N) is 1. The Morgan fingerprint density at radius 2 is 1.13 bits per heavy atom. The minimum Gasteiger partial charge on any atom is -0.394 e. The number of hydrogen-bond acceptors (Lipinski definition) is 8. The number of aliphatic hydroxyl groups is 5. The van der Waals surface area contributed by atoms with Crippen molar-refractivity contribution in [1.82, 2.24) is 5.32 Å². The van der Waals surface area contributed by atoms with E-state index in [2.05, 4.69) is 43.5 Å². The average Bonchev–Trinajstić information content (AvgIpc) is 3.14. The van der Waals surface area contributed by atoms with Crippen LogP contribution >= 0.6 is 0 Å². The predicted octanol–water partition coefficient (Wildman–Crippen LogP) is 8.33. The van der Waals surface area contributed by atoms with Gasteiger partial charge in [0.25, 0.3) is 0 Å². The number of allylic oxidation sites excluding steroid dienone is 4. The number of hydrogen-bond donors (Lipinski definition) is 6. The van der Waals surface area contributed by atoms with Crippen LogP contribution in [-0.2, 0) is 14.3 Å². The second-order valence-electron chi connectivity index (χ2n) is 15.1. The Balaban J connectivity index is 2.38. The third kappa shape index (κ3) is 24.9. The number of amides is 1. The highest BCUT2D eigenvalue weighted by molar-refractivity contribution is 5.76. The lowest BCUT2D eigenvalue weighted by atomic mass is 9.99. The van der Waals surface area contributed by atoms with Gasteiger partial charge in [0, 0.05) is 6.42 Å². The molecule has 0 radical (unpaired) electrons. The SMILES string of the molecule is CCCCC/C=C\C/C=C\CCCCCCCC(=O)NC(COC1OC(CO)C(O)C(O)C1O)C(O)CCCCCCCCCCCCCCCC. The van der Waals surface area contributed by atoms with Crippen LogP contribution in [0, 0.1) is 0 Å². The Hall–Kier alpha value is -1.33. The van der Waals surface area contributed by atoms with Gasteiger partial charge in [0.2, 0.25) is 5.91 Å². The number of carbonyl (C=O) groups is 1. The van der Waals surface area contributed by atoms with E-state index in [4.69, 9.17) is 9.47 Å². The topological polar surface area (TPSA) is 149 Å². The van der Waals surface area contributed by atoms with Crippen LogP contribution in [0.25, 0.3) is 0 Å². The highest BCUT2D eigenvalue weighted by Gasteiger charge is 2.44. The molecule has 1 amide bonds. The summed E-state index contributed by atoms with van der Waals surface area (Å²) in [5.74, 6) is -0.159. The van der Waals surface area contributed by atoms with Gasteiger partial charge in [0.05, 0.1) is 25.4 Å². The Morgan fingerprint density at radius 1 is 0.654 bits per heavy atom. The monoisotopic (exact) mass is 740 g/mol. The van der Waals surface area contributed by atoms with E-state index in [9.17, 15) is 30.3 Å². The van der Waals surface area contributed by atoms with Gasteiger partial charge in [-0.2, -0.15) is 0 Å². The first-order valence-corrected chi connectivity index (χ1v) is 21.5. The summed E-state index contributed by atoms with van der Waals surface area (Å²) in [4.78, 5) is 12.9. The molecule has 9 nitrogen and oxygen atoms in total. The fourth-order valence-corrected chi connectivity index (χ4v) is 6.78. The maximum atomic E-state index is 12.9. The first-order chi connectivity index (χ1) is 25.3. The lowest BCUT2D eigenvalue weighted by Crippen LogP contribution is -2.60. The molecule has 0 bridgehead atoms. The predicted molar refractivity (Wildman–Crippen MR) is 212 cm³/mol. The van der Waals surface area contributed by atoms with Crippen LogP contribution in [0.1, 0.15) is 187 Å². The Bertz CT molecular complexity index is 868. The smallest absolute Gasteiger partial charge is 0.220 e. The molecule has 1 fully saturated rings. The Morgan fingerprint density at radius 3 is 1.69 bits per heavy atom. The lowest BCUT2D eigenvalue weighted by molar-refractivity contribution is -0.302. The summed E-state index contributed by atoms with van der Waals surface area (Å²) in [6.07, 6.45) is 31.7. The summed E-state index contributed by atoms with van der Waals surface area (Å²) in [5.41, 5.74) is 0. The molecule has 7 unspecified atom stereocenters. The van der Waals surface area contributed by atoms with Crippen molar-refractivity contribution in [2.24, 2.45) is 0 Å². The van der Waals surface area contributed by atoms with Crippen molar-refractivity contribution >= 4 is 5.91 Å². The van der Waals surface area contributed by atoms with Crippen molar-refractivity contribution in [2.45, 2.75) is 230 Å². The fraction of sp³-hybridized carbons (Fsp3) is 0.884. The van der Waals surface area contributed by atoms with E-state index in [0.717, 1.165) is 64.2 Å². The zero-order valence-corrected chi connectivity index (χ0v) is 33.3. The highest BCUT2D eigenvalue weighted by atomic mass is 16.7. The van der Waals surface area contributed by atoms with E-state index < -0.39 is 49.5 Å². The van der Waals surface area contributed by atoms with Gasteiger partial charge in [-0.1, -0.05) is 160 Å². The van der Waals surface area contributed by atoms with E-state index >= 15 is 0 Å². The molecule has 0 aromatic carbocycles. The van der Waals surface area contributed by atoms with E-state index in [1.165, 1.54) is 96.3 Å². The van der Waals surface area contributed by atoms with Crippen LogP contribution in [0.2, 0.25) is 0 Å². The quantitative estimate of drug-likeness (QED) is 0.0281. The van der Waals surface area contributed by atoms with Crippen molar-refractivity contribution < 1.29 is 39.8 Å². The molecule has 1 aliphatic rings. The van der Waals surface area contributed by atoms with Crippen LogP contribution < -0.4 is 5.32 Å². The van der Waals surface area contributed by atoms with Gasteiger partial charge >= 0.3 is 0 Å². The van der Waals surface area contributed by atoms with Gasteiger partial charge in [0.15, 0.2) is 6.29 Å². The normalized spacial score (nSPS) is 22.0. The molecular formula is C43H81NO8. The van der Waals surface area contributed by atoms with Crippen LogP contribution in [-0.4, -0.2) is 87.5 Å². The van der Waals surface area contributed by atoms with Gasteiger partial charge < -0.3 is 40.3 Å². The van der Waals surface area contributed by atoms with E-state index in [1.54, 1.807) is 0 Å². The minimum absolute atomic E-state index is 0.142. The van der Waals surface area contributed by atoms with Gasteiger partial charge in [-0.3, -0.25) is 4.79 Å². The number of aliphatic hydroxyl groups excluding tert-OH is 5. The zero-order valence-electron chi connectivity index (χ0n) is 33.3. The second kappa shape index (κ2) is 34.2. The molecule has 9 heteroatoms. The van der Waals surface area contributed by atoms with E-state index in [1.807, 2.05) is 0 Å². The molecular weight excluding hydrogens is 658 g/mol. The second-order valence-corrected chi connectivity index (χ2v) is 15.1. The van der Waals surface area contributed by atoms with Gasteiger partial charge in [-0.25, -0.2) is 0 Å². The third-order valence-electron chi connectivity index (χ3n) is 10.3. The Labute approximate surface area is 318 Å². The molecule has 1 rings (SSSR count). The first kappa shape index (κ1) is 48.7. The third-order valence-corrected chi connectivity index (χ3v) is 10.3. The summed E-state index contributed by atoms with van der Waals surface area (Å²) >= 11 is 0. The molecule has 0 aromatic rings. The van der Waals surface area contributed by atoms with E-state index in [-0.39, 0.29) is 12.5 Å². The molecule has 6 N–H and O–H groups in total. The first-order valence-electron chi connectivity index (χ1n) is 21.5. The largest absolute Gasteiger partial charge is 0.394 e. The van der Waals surface area contributed by atoms with Gasteiger partial charge in [-0.05, 0) is 44.9 Å². The number of rotatable bonds is 35. The van der Waals surface area contributed by atoms with Crippen molar-refractivity contribution in [1.29, 1.82) is 0 Å². The van der Waals surface area contributed by atoms with Crippen LogP contribution in [0.5, 0.6) is 0 Å². The fourth-order valence-electron chi connectivity index (χ4n) is 6.78. The van der Waals surface area contributed by atoms with Crippen molar-refractivity contribution in [3.8, 4) is 0 Å². The molecule has 0 saturated carbocycles. The maximum Gasteiger partial charge on any atom is 0.220 e. The van der Waals surface area contributed by atoms with E-state index in [0.29, 0.717) is 12.8 Å². The lowest BCUT2D eigenvalue weighted by Gasteiger charge is -2.40. The van der Waals surface area contributed by atoms with Crippen LogP contribution in [0.4, 0.5) is 0 Å². The molecule has 1 saturated heterocycles. The molecule has 0 aromatic heterocycles. The van der Waals surface area contributed by atoms with Crippen molar-refractivity contribution in [3.05, 3.63) is 24.3 Å². The van der Waals surface area contributed by atoms with Crippen LogP contribution in [0.3, 0.4) is 0 Å². The number of unbranched alkanes of at least 4 members (excludes halogenated alkanes) is 21. The maximum absolute atomic E-state index is 12.9. The molecule has 306 valence electrons. The summed E-state index contributed by atoms with van der Waals surface area (Å²) < 4.78 is 11.2. The minimum atomic E-state index is -1.55. The summed E-state index contributed by atoms with van der Waals surface area (Å²) in [7, 11) is 0. The average molecular weight is 740 g/mol.